The maximum absolute atomic E-state index is 12.9. The Kier molecular flexibility index (Phi) is 3.84. The van der Waals surface area contributed by atoms with Crippen molar-refractivity contribution >= 4 is 27.8 Å². The van der Waals surface area contributed by atoms with Crippen LogP contribution in [-0.4, -0.2) is 32.4 Å². The predicted octanol–water partition coefficient (Wildman–Crippen LogP) is 3.99. The molecule has 0 bridgehead atoms. The molecule has 1 amide bonds. The van der Waals surface area contributed by atoms with E-state index < -0.39 is 0 Å². The highest BCUT2D eigenvalue weighted by Gasteiger charge is 2.22. The number of hydrogen-bond acceptors (Lipinski definition) is 2. The SMILES string of the molecule is CC(C)N(C(=O)c1cnc2c(c1)c1ccccc1n2C)C(C)C. The molecule has 0 atom stereocenters. The molecule has 3 rings (SSSR count). The second-order valence-electron chi connectivity index (χ2n) is 6.57. The van der Waals surface area contributed by atoms with Gasteiger partial charge in [0, 0.05) is 36.1 Å². The van der Waals surface area contributed by atoms with E-state index in [9.17, 15) is 4.79 Å². The van der Waals surface area contributed by atoms with Gasteiger partial charge in [-0.05, 0) is 39.8 Å². The van der Waals surface area contributed by atoms with Gasteiger partial charge in [-0.2, -0.15) is 0 Å². The van der Waals surface area contributed by atoms with E-state index in [1.807, 2.05) is 57.8 Å². The van der Waals surface area contributed by atoms with Crippen LogP contribution in [0.2, 0.25) is 0 Å². The molecule has 0 saturated heterocycles. The standard InChI is InChI=1S/C19H23N3O/c1-12(2)22(13(3)4)19(23)14-10-16-15-8-6-7-9-17(15)21(5)18(16)20-11-14/h6-13H,1-5H3. The first-order valence-electron chi connectivity index (χ1n) is 8.07. The maximum atomic E-state index is 12.9. The molecule has 1 aromatic carbocycles. The Balaban J connectivity index is 2.17. The number of pyridine rings is 1. The van der Waals surface area contributed by atoms with Gasteiger partial charge in [0.15, 0.2) is 0 Å². The summed E-state index contributed by atoms with van der Waals surface area (Å²) in [5.41, 5.74) is 2.68. The Labute approximate surface area is 136 Å². The van der Waals surface area contributed by atoms with Crippen LogP contribution in [0.15, 0.2) is 36.5 Å². The number of para-hydroxylation sites is 1. The third kappa shape index (κ3) is 2.48. The number of nitrogens with zero attached hydrogens (tertiary/aromatic N) is 3. The highest BCUT2D eigenvalue weighted by atomic mass is 16.2. The number of carbonyl (C=O) groups is 1. The number of hydrogen-bond donors (Lipinski definition) is 0. The molecule has 0 aliphatic rings. The van der Waals surface area contributed by atoms with E-state index in [4.69, 9.17) is 0 Å². The number of rotatable bonds is 3. The van der Waals surface area contributed by atoms with E-state index in [-0.39, 0.29) is 18.0 Å². The normalized spacial score (nSPS) is 11.8. The highest BCUT2D eigenvalue weighted by Crippen LogP contribution is 2.27. The van der Waals surface area contributed by atoms with Crippen LogP contribution in [0.5, 0.6) is 0 Å². The molecule has 0 N–H and O–H groups in total. The van der Waals surface area contributed by atoms with Crippen molar-refractivity contribution < 1.29 is 4.79 Å². The molecule has 0 aliphatic heterocycles. The Morgan fingerprint density at radius 3 is 2.39 bits per heavy atom. The fourth-order valence-corrected chi connectivity index (χ4v) is 3.36. The summed E-state index contributed by atoms with van der Waals surface area (Å²) in [6.07, 6.45) is 1.70. The van der Waals surface area contributed by atoms with Crippen molar-refractivity contribution in [2.24, 2.45) is 7.05 Å². The van der Waals surface area contributed by atoms with Crippen molar-refractivity contribution in [1.29, 1.82) is 0 Å². The summed E-state index contributed by atoms with van der Waals surface area (Å²) in [7, 11) is 2.01. The zero-order chi connectivity index (χ0) is 16.7. The topological polar surface area (TPSA) is 38.1 Å². The lowest BCUT2D eigenvalue weighted by atomic mass is 10.1. The number of benzene rings is 1. The van der Waals surface area contributed by atoms with E-state index in [0.717, 1.165) is 21.9 Å². The third-order valence-electron chi connectivity index (χ3n) is 4.33. The first kappa shape index (κ1) is 15.5. The van der Waals surface area contributed by atoms with Crippen LogP contribution in [0.1, 0.15) is 38.1 Å². The second-order valence-corrected chi connectivity index (χ2v) is 6.57. The smallest absolute Gasteiger partial charge is 0.255 e. The molecule has 3 aromatic rings. The molecule has 0 radical (unpaired) electrons. The van der Waals surface area contributed by atoms with Gasteiger partial charge in [-0.1, -0.05) is 18.2 Å². The van der Waals surface area contributed by atoms with Crippen LogP contribution in [0.4, 0.5) is 0 Å². The van der Waals surface area contributed by atoms with Gasteiger partial charge >= 0.3 is 0 Å². The molecule has 23 heavy (non-hydrogen) atoms. The Morgan fingerprint density at radius 1 is 1.09 bits per heavy atom. The average molecular weight is 309 g/mol. The quantitative estimate of drug-likeness (QED) is 0.734. The van der Waals surface area contributed by atoms with Crippen molar-refractivity contribution in [2.75, 3.05) is 0 Å². The van der Waals surface area contributed by atoms with E-state index in [1.165, 1.54) is 0 Å². The second kappa shape index (κ2) is 5.69. The first-order valence-corrected chi connectivity index (χ1v) is 8.07. The molecule has 0 spiro atoms. The first-order chi connectivity index (χ1) is 10.9. The molecular weight excluding hydrogens is 286 g/mol. The summed E-state index contributed by atoms with van der Waals surface area (Å²) >= 11 is 0. The summed E-state index contributed by atoms with van der Waals surface area (Å²) in [6, 6.07) is 10.5. The third-order valence-corrected chi connectivity index (χ3v) is 4.33. The van der Waals surface area contributed by atoms with Crippen LogP contribution in [0, 0.1) is 0 Å². The molecular formula is C19H23N3O. The Morgan fingerprint density at radius 2 is 1.74 bits per heavy atom. The maximum Gasteiger partial charge on any atom is 0.255 e. The summed E-state index contributed by atoms with van der Waals surface area (Å²) in [6.45, 7) is 8.17. The van der Waals surface area contributed by atoms with Gasteiger partial charge < -0.3 is 9.47 Å². The molecule has 4 nitrogen and oxygen atoms in total. The van der Waals surface area contributed by atoms with Crippen LogP contribution in [0.25, 0.3) is 21.9 Å². The number of aromatic nitrogens is 2. The highest BCUT2D eigenvalue weighted by molar-refractivity contribution is 6.09. The van der Waals surface area contributed by atoms with E-state index >= 15 is 0 Å². The van der Waals surface area contributed by atoms with Gasteiger partial charge in [0.1, 0.15) is 5.65 Å². The molecule has 0 aliphatic carbocycles. The van der Waals surface area contributed by atoms with E-state index in [1.54, 1.807) is 6.20 Å². The van der Waals surface area contributed by atoms with Crippen molar-refractivity contribution in [3.8, 4) is 0 Å². The van der Waals surface area contributed by atoms with Crippen molar-refractivity contribution in [1.82, 2.24) is 14.5 Å². The molecule has 2 aromatic heterocycles. The fraction of sp³-hybridized carbons (Fsp3) is 0.368. The molecule has 0 fully saturated rings. The summed E-state index contributed by atoms with van der Waals surface area (Å²) in [5.74, 6) is 0.0392. The minimum Gasteiger partial charge on any atom is -0.334 e. The Bertz CT molecular complexity index is 869. The molecule has 4 heteroatoms. The number of aryl methyl sites for hydroxylation is 1. The van der Waals surface area contributed by atoms with Crippen molar-refractivity contribution in [2.45, 2.75) is 39.8 Å². The van der Waals surface area contributed by atoms with Crippen molar-refractivity contribution in [3.63, 3.8) is 0 Å². The number of amides is 1. The molecule has 0 saturated carbocycles. The Hall–Kier alpha value is -2.36. The molecule has 2 heterocycles. The van der Waals surface area contributed by atoms with E-state index in [2.05, 4.69) is 21.7 Å². The largest absolute Gasteiger partial charge is 0.334 e. The van der Waals surface area contributed by atoms with Crippen LogP contribution in [0.3, 0.4) is 0 Å². The van der Waals surface area contributed by atoms with Gasteiger partial charge in [-0.25, -0.2) is 4.98 Å². The lowest BCUT2D eigenvalue weighted by Gasteiger charge is -2.30. The lowest BCUT2D eigenvalue weighted by molar-refractivity contribution is 0.0643. The molecule has 0 unspecified atom stereocenters. The summed E-state index contributed by atoms with van der Waals surface area (Å²) < 4.78 is 2.07. The van der Waals surface area contributed by atoms with Crippen LogP contribution in [-0.2, 0) is 7.05 Å². The van der Waals surface area contributed by atoms with E-state index in [0.29, 0.717) is 5.56 Å². The van der Waals surface area contributed by atoms with Crippen LogP contribution < -0.4 is 0 Å². The fourth-order valence-electron chi connectivity index (χ4n) is 3.36. The van der Waals surface area contributed by atoms with Gasteiger partial charge in [0.25, 0.3) is 5.91 Å². The van der Waals surface area contributed by atoms with Gasteiger partial charge in [0.05, 0.1) is 11.1 Å². The minimum atomic E-state index is 0.0392. The molecule has 120 valence electrons. The van der Waals surface area contributed by atoms with Gasteiger partial charge in [0.2, 0.25) is 0 Å². The lowest BCUT2D eigenvalue weighted by Crippen LogP contribution is -2.42. The number of carbonyl (C=O) groups excluding carboxylic acids is 1. The van der Waals surface area contributed by atoms with Gasteiger partial charge in [-0.15, -0.1) is 0 Å². The summed E-state index contributed by atoms with van der Waals surface area (Å²) in [5, 5.41) is 2.16. The van der Waals surface area contributed by atoms with Crippen LogP contribution >= 0.6 is 0 Å². The zero-order valence-electron chi connectivity index (χ0n) is 14.4. The average Bonchev–Trinajstić information content (AvgIpc) is 2.80. The minimum absolute atomic E-state index is 0.0392. The predicted molar refractivity (Wildman–Crippen MR) is 94.7 cm³/mol. The van der Waals surface area contributed by atoms with Gasteiger partial charge in [-0.3, -0.25) is 4.79 Å². The summed E-state index contributed by atoms with van der Waals surface area (Å²) in [4.78, 5) is 19.3. The zero-order valence-corrected chi connectivity index (χ0v) is 14.4. The van der Waals surface area contributed by atoms with Crippen molar-refractivity contribution in [3.05, 3.63) is 42.1 Å². The number of fused-ring (bicyclic) bond motifs is 3. The monoisotopic (exact) mass is 309 g/mol.